The molecule has 0 bridgehead atoms. The molecule has 9 heteroatoms. The molecule has 1 aromatic rings. The van der Waals surface area contributed by atoms with Gasteiger partial charge in [0.25, 0.3) is 5.91 Å². The summed E-state index contributed by atoms with van der Waals surface area (Å²) in [5.41, 5.74) is 4.28. The van der Waals surface area contributed by atoms with Crippen molar-refractivity contribution in [3.63, 3.8) is 0 Å². The van der Waals surface area contributed by atoms with Gasteiger partial charge in [0.2, 0.25) is 5.91 Å². The Morgan fingerprint density at radius 2 is 1.87 bits per heavy atom. The van der Waals surface area contributed by atoms with Crippen LogP contribution in [0.2, 0.25) is 0 Å². The number of thioether (sulfide) groups is 1. The SMILES string of the molecule is CCOC(=O)C1CCCN(C(=O)CC2=CSC3=NC(C)=C(C(=O)N(CC)CC)C(c4ccccc4C)N23)C1. The summed E-state index contributed by atoms with van der Waals surface area (Å²) in [6.45, 7) is 12.3. The zero-order valence-corrected chi connectivity index (χ0v) is 23.8. The van der Waals surface area contributed by atoms with Gasteiger partial charge >= 0.3 is 5.97 Å². The zero-order chi connectivity index (χ0) is 27.4. The highest BCUT2D eigenvalue weighted by atomic mass is 32.2. The Morgan fingerprint density at radius 1 is 1.13 bits per heavy atom. The summed E-state index contributed by atoms with van der Waals surface area (Å²) >= 11 is 1.49. The molecule has 0 aromatic heterocycles. The number of likely N-dealkylation sites (tertiary alicyclic amines) is 1. The van der Waals surface area contributed by atoms with Gasteiger partial charge in [-0.2, -0.15) is 0 Å². The van der Waals surface area contributed by atoms with Crippen LogP contribution < -0.4 is 0 Å². The maximum atomic E-state index is 13.8. The van der Waals surface area contributed by atoms with Crippen molar-refractivity contribution in [2.45, 2.75) is 59.9 Å². The van der Waals surface area contributed by atoms with Crippen LogP contribution in [0.1, 0.15) is 64.1 Å². The molecule has 1 aromatic carbocycles. The lowest BCUT2D eigenvalue weighted by molar-refractivity contribution is -0.151. The molecule has 3 aliphatic rings. The molecule has 0 radical (unpaired) electrons. The quantitative estimate of drug-likeness (QED) is 0.449. The molecule has 0 aliphatic carbocycles. The highest BCUT2D eigenvalue weighted by Crippen LogP contribution is 2.45. The molecule has 2 atom stereocenters. The van der Waals surface area contributed by atoms with Crippen LogP contribution in [0.25, 0.3) is 0 Å². The van der Waals surface area contributed by atoms with Crippen LogP contribution in [0, 0.1) is 12.8 Å². The number of rotatable bonds is 8. The number of carbonyl (C=O) groups is 3. The van der Waals surface area contributed by atoms with E-state index in [9.17, 15) is 14.4 Å². The number of hydrogen-bond donors (Lipinski definition) is 0. The van der Waals surface area contributed by atoms with Crippen LogP contribution >= 0.6 is 11.8 Å². The van der Waals surface area contributed by atoms with Gasteiger partial charge in [0.15, 0.2) is 5.17 Å². The van der Waals surface area contributed by atoms with Crippen molar-refractivity contribution in [2.75, 3.05) is 32.8 Å². The summed E-state index contributed by atoms with van der Waals surface area (Å²) < 4.78 is 5.21. The second-order valence-corrected chi connectivity index (χ2v) is 10.7. The third-order valence-electron chi connectivity index (χ3n) is 7.49. The summed E-state index contributed by atoms with van der Waals surface area (Å²) in [4.78, 5) is 50.2. The fourth-order valence-electron chi connectivity index (χ4n) is 5.44. The van der Waals surface area contributed by atoms with Crippen LogP contribution in [0.5, 0.6) is 0 Å². The minimum absolute atomic E-state index is 0.0283. The molecule has 3 heterocycles. The molecule has 2 amide bonds. The fraction of sp³-hybridized carbons (Fsp3) is 0.517. The first-order chi connectivity index (χ1) is 18.3. The number of amides is 2. The van der Waals surface area contributed by atoms with E-state index in [4.69, 9.17) is 9.73 Å². The van der Waals surface area contributed by atoms with Crippen molar-refractivity contribution in [1.82, 2.24) is 14.7 Å². The summed E-state index contributed by atoms with van der Waals surface area (Å²) in [5, 5.41) is 2.75. The topological polar surface area (TPSA) is 82.5 Å². The van der Waals surface area contributed by atoms with Gasteiger partial charge in [-0.3, -0.25) is 14.4 Å². The van der Waals surface area contributed by atoms with E-state index in [0.717, 1.165) is 34.8 Å². The second kappa shape index (κ2) is 12.2. The zero-order valence-electron chi connectivity index (χ0n) is 23.0. The molecule has 0 spiro atoms. The lowest BCUT2D eigenvalue weighted by Crippen LogP contribution is -2.44. The summed E-state index contributed by atoms with van der Waals surface area (Å²) in [6, 6.07) is 7.72. The predicted octanol–water partition coefficient (Wildman–Crippen LogP) is 4.63. The number of benzene rings is 1. The number of esters is 1. The van der Waals surface area contributed by atoms with E-state index in [1.165, 1.54) is 11.8 Å². The Labute approximate surface area is 229 Å². The molecular formula is C29H38N4O4S. The van der Waals surface area contributed by atoms with Crippen molar-refractivity contribution in [3.8, 4) is 0 Å². The molecule has 0 N–H and O–H groups in total. The molecule has 2 unspecified atom stereocenters. The lowest BCUT2D eigenvalue weighted by atomic mass is 9.90. The average Bonchev–Trinajstić information content (AvgIpc) is 3.30. The Kier molecular flexibility index (Phi) is 8.97. The maximum Gasteiger partial charge on any atom is 0.310 e. The van der Waals surface area contributed by atoms with Crippen LogP contribution in [-0.4, -0.2) is 70.4 Å². The van der Waals surface area contributed by atoms with E-state index in [1.54, 1.807) is 11.8 Å². The smallest absolute Gasteiger partial charge is 0.310 e. The van der Waals surface area contributed by atoms with Crippen LogP contribution in [0.4, 0.5) is 0 Å². The Morgan fingerprint density at radius 3 is 2.55 bits per heavy atom. The number of fused-ring (bicyclic) bond motifs is 1. The van der Waals surface area contributed by atoms with Gasteiger partial charge < -0.3 is 19.4 Å². The molecule has 0 saturated carbocycles. The number of nitrogens with zero attached hydrogens (tertiary/aromatic N) is 4. The minimum atomic E-state index is -0.375. The first kappa shape index (κ1) is 28.0. The van der Waals surface area contributed by atoms with Crippen molar-refractivity contribution in [1.29, 1.82) is 0 Å². The first-order valence-electron chi connectivity index (χ1n) is 13.5. The minimum Gasteiger partial charge on any atom is -0.466 e. The second-order valence-electron chi connectivity index (χ2n) is 9.83. The van der Waals surface area contributed by atoms with E-state index in [2.05, 4.69) is 24.0 Å². The van der Waals surface area contributed by atoms with E-state index in [1.807, 2.05) is 43.2 Å². The first-order valence-corrected chi connectivity index (χ1v) is 14.4. The number of aryl methyl sites for hydroxylation is 1. The molecule has 38 heavy (non-hydrogen) atoms. The number of carbonyl (C=O) groups excluding carboxylic acids is 3. The highest BCUT2D eigenvalue weighted by molar-refractivity contribution is 8.16. The molecular weight excluding hydrogens is 500 g/mol. The summed E-state index contributed by atoms with van der Waals surface area (Å²) in [5.74, 6) is -0.570. The third kappa shape index (κ3) is 5.53. The summed E-state index contributed by atoms with van der Waals surface area (Å²) in [6.07, 6.45) is 1.69. The van der Waals surface area contributed by atoms with Gasteiger partial charge in [0, 0.05) is 31.9 Å². The van der Waals surface area contributed by atoms with E-state index in [-0.39, 0.29) is 36.2 Å². The highest BCUT2D eigenvalue weighted by Gasteiger charge is 2.42. The summed E-state index contributed by atoms with van der Waals surface area (Å²) in [7, 11) is 0. The fourth-order valence-corrected chi connectivity index (χ4v) is 6.40. The van der Waals surface area contributed by atoms with Crippen LogP contribution in [0.3, 0.4) is 0 Å². The van der Waals surface area contributed by atoms with Crippen LogP contribution in [0.15, 0.2) is 51.6 Å². The van der Waals surface area contributed by atoms with Crippen molar-refractivity contribution >= 4 is 34.7 Å². The number of hydrogen-bond acceptors (Lipinski definition) is 7. The van der Waals surface area contributed by atoms with Gasteiger partial charge in [0.05, 0.1) is 36.3 Å². The Balaban J connectivity index is 1.64. The maximum absolute atomic E-state index is 13.8. The van der Waals surface area contributed by atoms with E-state index >= 15 is 0 Å². The van der Waals surface area contributed by atoms with Gasteiger partial charge in [-0.25, -0.2) is 4.99 Å². The van der Waals surface area contributed by atoms with Crippen molar-refractivity contribution in [3.05, 3.63) is 57.8 Å². The van der Waals surface area contributed by atoms with Gasteiger partial charge in [-0.05, 0) is 64.0 Å². The lowest BCUT2D eigenvalue weighted by Gasteiger charge is -2.39. The molecule has 1 saturated heterocycles. The van der Waals surface area contributed by atoms with E-state index < -0.39 is 0 Å². The van der Waals surface area contributed by atoms with Gasteiger partial charge in [-0.15, -0.1) is 0 Å². The molecule has 204 valence electrons. The monoisotopic (exact) mass is 538 g/mol. The number of likely N-dealkylation sites (N-methyl/N-ethyl adjacent to an activating group) is 1. The van der Waals surface area contributed by atoms with Crippen molar-refractivity contribution in [2.24, 2.45) is 10.9 Å². The van der Waals surface area contributed by atoms with Crippen LogP contribution in [-0.2, 0) is 19.1 Å². The average molecular weight is 539 g/mol. The van der Waals surface area contributed by atoms with E-state index in [0.29, 0.717) is 44.1 Å². The number of aliphatic imine (C=N–C) groups is 1. The molecule has 3 aliphatic heterocycles. The standard InChI is InChI=1S/C29H38N4O4S/c1-6-31(7-2)27(35)25-20(5)30-29-33(26(25)23-14-10-9-12-19(23)4)22(18-38-29)16-24(34)32-15-11-13-21(17-32)28(36)37-8-3/h9-10,12,14,18,21,26H,6-8,11,13,15-17H2,1-5H3. The van der Waals surface area contributed by atoms with Gasteiger partial charge in [-0.1, -0.05) is 36.0 Å². The number of amidine groups is 1. The number of ether oxygens (including phenoxy) is 1. The third-order valence-corrected chi connectivity index (χ3v) is 8.38. The molecule has 1 fully saturated rings. The normalized spacial score (nSPS) is 21.1. The molecule has 4 rings (SSSR count). The predicted molar refractivity (Wildman–Crippen MR) is 150 cm³/mol. The van der Waals surface area contributed by atoms with Crippen molar-refractivity contribution < 1.29 is 19.1 Å². The number of piperidine rings is 1. The Hall–Kier alpha value is -3.07. The molecule has 8 nitrogen and oxygen atoms in total. The Bertz CT molecular complexity index is 1190. The largest absolute Gasteiger partial charge is 0.466 e. The van der Waals surface area contributed by atoms with Gasteiger partial charge in [0.1, 0.15) is 0 Å². The number of allylic oxidation sites excluding steroid dienone is 1.